The third kappa shape index (κ3) is 2.66. The molecule has 1 fully saturated rings. The molecule has 0 N–H and O–H groups in total. The smallest absolute Gasteiger partial charge is 0.270 e. The number of benzene rings is 1. The summed E-state index contributed by atoms with van der Waals surface area (Å²) in [6, 6.07) is 4.72. The standard InChI is InChI=1S/C16H14Cl3NO2/c17-9-6-7-11(12(18)8-9)13-14(19)16(22)20(15(13)21)10-4-2-1-3-5-10/h6-8,10H,1-5H2. The van der Waals surface area contributed by atoms with Crippen LogP contribution in [0.3, 0.4) is 0 Å². The van der Waals surface area contributed by atoms with Gasteiger partial charge in [0, 0.05) is 16.6 Å². The van der Waals surface area contributed by atoms with Crippen LogP contribution in [-0.2, 0) is 9.59 Å². The van der Waals surface area contributed by atoms with Crippen LogP contribution in [0.2, 0.25) is 10.0 Å². The Balaban J connectivity index is 1.98. The van der Waals surface area contributed by atoms with Crippen LogP contribution in [0.4, 0.5) is 0 Å². The maximum atomic E-state index is 12.7. The lowest BCUT2D eigenvalue weighted by Crippen LogP contribution is -2.41. The third-order valence-corrected chi connectivity index (χ3v) is 5.10. The van der Waals surface area contributed by atoms with E-state index in [-0.39, 0.29) is 22.6 Å². The number of halogens is 3. The second-order valence-corrected chi connectivity index (χ2v) is 6.81. The molecule has 0 atom stereocenters. The summed E-state index contributed by atoms with van der Waals surface area (Å²) in [6.07, 6.45) is 4.86. The van der Waals surface area contributed by atoms with Gasteiger partial charge < -0.3 is 0 Å². The topological polar surface area (TPSA) is 37.4 Å². The van der Waals surface area contributed by atoms with E-state index in [4.69, 9.17) is 34.8 Å². The zero-order valence-corrected chi connectivity index (χ0v) is 14.0. The first-order chi connectivity index (χ1) is 10.5. The Morgan fingerprint density at radius 3 is 2.27 bits per heavy atom. The fraction of sp³-hybridized carbons (Fsp3) is 0.375. The Kier molecular flexibility index (Phi) is 4.49. The number of hydrogen-bond acceptors (Lipinski definition) is 2. The fourth-order valence-corrected chi connectivity index (χ4v) is 3.89. The molecule has 1 aliphatic carbocycles. The van der Waals surface area contributed by atoms with Gasteiger partial charge in [0.1, 0.15) is 5.03 Å². The number of imide groups is 1. The minimum absolute atomic E-state index is 0.0557. The normalized spacial score (nSPS) is 20.2. The van der Waals surface area contributed by atoms with E-state index in [1.165, 1.54) is 11.0 Å². The van der Waals surface area contributed by atoms with Crippen LogP contribution in [0.5, 0.6) is 0 Å². The highest BCUT2D eigenvalue weighted by Gasteiger charge is 2.42. The largest absolute Gasteiger partial charge is 0.273 e. The number of amides is 2. The summed E-state index contributed by atoms with van der Waals surface area (Å²) < 4.78 is 0. The maximum absolute atomic E-state index is 12.7. The third-order valence-electron chi connectivity index (χ3n) is 4.20. The van der Waals surface area contributed by atoms with Crippen molar-refractivity contribution in [2.45, 2.75) is 38.1 Å². The number of hydrogen-bond donors (Lipinski definition) is 0. The minimum Gasteiger partial charge on any atom is -0.270 e. The zero-order valence-electron chi connectivity index (χ0n) is 11.7. The van der Waals surface area contributed by atoms with Gasteiger partial charge in [0.25, 0.3) is 11.8 Å². The Morgan fingerprint density at radius 2 is 1.64 bits per heavy atom. The SMILES string of the molecule is O=C1C(Cl)=C(c2ccc(Cl)cc2Cl)C(=O)N1C1CCCCC1. The molecule has 2 amide bonds. The van der Waals surface area contributed by atoms with Gasteiger partial charge in [-0.1, -0.05) is 60.1 Å². The van der Waals surface area contributed by atoms with E-state index in [1.54, 1.807) is 12.1 Å². The van der Waals surface area contributed by atoms with Gasteiger partial charge in [-0.15, -0.1) is 0 Å². The highest BCUT2D eigenvalue weighted by molar-refractivity contribution is 6.55. The van der Waals surface area contributed by atoms with Crippen molar-refractivity contribution in [2.24, 2.45) is 0 Å². The van der Waals surface area contributed by atoms with Crippen molar-refractivity contribution in [3.63, 3.8) is 0 Å². The zero-order chi connectivity index (χ0) is 15.9. The lowest BCUT2D eigenvalue weighted by atomic mass is 9.94. The summed E-state index contributed by atoms with van der Waals surface area (Å²) in [6.45, 7) is 0. The molecular formula is C16H14Cl3NO2. The Hall–Kier alpha value is -1.03. The van der Waals surface area contributed by atoms with Crippen molar-refractivity contribution in [1.82, 2.24) is 4.90 Å². The first kappa shape index (κ1) is 15.9. The van der Waals surface area contributed by atoms with Crippen molar-refractivity contribution in [3.8, 4) is 0 Å². The molecule has 0 radical (unpaired) electrons. The van der Waals surface area contributed by atoms with Gasteiger partial charge in [-0.25, -0.2) is 0 Å². The van der Waals surface area contributed by atoms with E-state index >= 15 is 0 Å². The van der Waals surface area contributed by atoms with E-state index < -0.39 is 5.91 Å². The minimum atomic E-state index is -0.417. The number of nitrogens with zero attached hydrogens (tertiary/aromatic N) is 1. The lowest BCUT2D eigenvalue weighted by Gasteiger charge is -2.29. The molecule has 1 heterocycles. The molecule has 6 heteroatoms. The lowest BCUT2D eigenvalue weighted by molar-refractivity contribution is -0.139. The predicted molar refractivity (Wildman–Crippen MR) is 88.0 cm³/mol. The second kappa shape index (κ2) is 6.23. The summed E-state index contributed by atoms with van der Waals surface area (Å²) in [5.41, 5.74) is 0.631. The van der Waals surface area contributed by atoms with Crippen molar-refractivity contribution in [1.29, 1.82) is 0 Å². The van der Waals surface area contributed by atoms with Crippen LogP contribution >= 0.6 is 34.8 Å². The number of carbonyl (C=O) groups is 2. The molecule has 2 aliphatic rings. The van der Waals surface area contributed by atoms with Gasteiger partial charge in [0.15, 0.2) is 0 Å². The highest BCUT2D eigenvalue weighted by Crippen LogP contribution is 2.38. The predicted octanol–water partition coefficient (Wildman–Crippen LogP) is 4.64. The van der Waals surface area contributed by atoms with Gasteiger partial charge in [-0.05, 0) is 25.0 Å². The molecule has 0 aromatic heterocycles. The van der Waals surface area contributed by atoms with E-state index in [1.807, 2.05) is 0 Å². The van der Waals surface area contributed by atoms with Crippen LogP contribution in [0, 0.1) is 0 Å². The fourth-order valence-electron chi connectivity index (χ4n) is 3.12. The van der Waals surface area contributed by atoms with Crippen molar-refractivity contribution in [3.05, 3.63) is 38.8 Å². The molecule has 1 aromatic rings. The summed E-state index contributed by atoms with van der Waals surface area (Å²) in [7, 11) is 0. The van der Waals surface area contributed by atoms with Crippen molar-refractivity contribution < 1.29 is 9.59 Å². The molecule has 3 nitrogen and oxygen atoms in total. The molecule has 0 bridgehead atoms. The van der Waals surface area contributed by atoms with Crippen LogP contribution in [0.25, 0.3) is 5.57 Å². The molecule has 0 saturated heterocycles. The Labute approximate surface area is 143 Å². The summed E-state index contributed by atoms with van der Waals surface area (Å²) in [4.78, 5) is 26.5. The first-order valence-corrected chi connectivity index (χ1v) is 8.37. The highest BCUT2D eigenvalue weighted by atomic mass is 35.5. The van der Waals surface area contributed by atoms with Gasteiger partial charge in [-0.2, -0.15) is 0 Å². The number of carbonyl (C=O) groups excluding carboxylic acids is 2. The van der Waals surface area contributed by atoms with E-state index in [9.17, 15) is 9.59 Å². The molecule has 22 heavy (non-hydrogen) atoms. The summed E-state index contributed by atoms with van der Waals surface area (Å²) in [5, 5.41) is 0.721. The quantitative estimate of drug-likeness (QED) is 0.722. The van der Waals surface area contributed by atoms with Crippen LogP contribution < -0.4 is 0 Å². The van der Waals surface area contributed by atoms with Gasteiger partial charge in [0.2, 0.25) is 0 Å². The summed E-state index contributed by atoms with van der Waals surface area (Å²) in [5.74, 6) is -0.772. The molecule has 116 valence electrons. The molecule has 3 rings (SSSR count). The Morgan fingerprint density at radius 1 is 0.955 bits per heavy atom. The van der Waals surface area contributed by atoms with Gasteiger partial charge >= 0.3 is 0 Å². The molecule has 1 aromatic carbocycles. The molecule has 0 unspecified atom stereocenters. The average molecular weight is 359 g/mol. The monoisotopic (exact) mass is 357 g/mol. The van der Waals surface area contributed by atoms with Crippen molar-refractivity contribution >= 4 is 52.2 Å². The van der Waals surface area contributed by atoms with Crippen LogP contribution in [0.15, 0.2) is 23.2 Å². The van der Waals surface area contributed by atoms with E-state index in [2.05, 4.69) is 0 Å². The molecular weight excluding hydrogens is 345 g/mol. The molecule has 1 saturated carbocycles. The van der Waals surface area contributed by atoms with E-state index in [0.717, 1.165) is 32.1 Å². The van der Waals surface area contributed by atoms with Crippen molar-refractivity contribution in [2.75, 3.05) is 0 Å². The van der Waals surface area contributed by atoms with Gasteiger partial charge in [0.05, 0.1) is 10.6 Å². The van der Waals surface area contributed by atoms with Gasteiger partial charge in [-0.3, -0.25) is 14.5 Å². The maximum Gasteiger partial charge on any atom is 0.273 e. The Bertz CT molecular complexity index is 678. The van der Waals surface area contributed by atoms with E-state index in [0.29, 0.717) is 15.6 Å². The molecule has 1 aliphatic heterocycles. The number of rotatable bonds is 2. The summed E-state index contributed by atoms with van der Waals surface area (Å²) >= 11 is 18.2. The van der Waals surface area contributed by atoms with Crippen LogP contribution in [0.1, 0.15) is 37.7 Å². The average Bonchev–Trinajstić information content (AvgIpc) is 2.71. The molecule has 0 spiro atoms. The first-order valence-electron chi connectivity index (χ1n) is 7.24. The second-order valence-electron chi connectivity index (χ2n) is 5.59. The van der Waals surface area contributed by atoms with Crippen LogP contribution in [-0.4, -0.2) is 22.8 Å².